The van der Waals surface area contributed by atoms with Gasteiger partial charge in [0, 0.05) is 12.6 Å². The zero-order valence-corrected chi connectivity index (χ0v) is 9.97. The maximum Gasteiger partial charge on any atom is 0.401 e. The number of unbranched alkanes of at least 4 members (excludes halogenated alkanes) is 1. The predicted octanol–water partition coefficient (Wildman–Crippen LogP) is 1.38. The van der Waals surface area contributed by atoms with Crippen molar-refractivity contribution in [1.29, 1.82) is 0 Å². The average molecular weight is 254 g/mol. The Labute approximate surface area is 100.0 Å². The molecule has 2 N–H and O–H groups in total. The molecule has 0 saturated carbocycles. The van der Waals surface area contributed by atoms with Crippen LogP contribution in [-0.2, 0) is 0 Å². The molecule has 3 nitrogen and oxygen atoms in total. The summed E-state index contributed by atoms with van der Waals surface area (Å²) in [5.74, 6) is 0. The Morgan fingerprint density at radius 2 is 1.82 bits per heavy atom. The van der Waals surface area contributed by atoms with Gasteiger partial charge in [0.25, 0.3) is 0 Å². The molecule has 102 valence electrons. The van der Waals surface area contributed by atoms with Gasteiger partial charge >= 0.3 is 6.18 Å². The molecule has 17 heavy (non-hydrogen) atoms. The Balaban J connectivity index is 2.09. The molecule has 1 rings (SSSR count). The van der Waals surface area contributed by atoms with Gasteiger partial charge < -0.3 is 10.4 Å². The first-order valence-corrected chi connectivity index (χ1v) is 6.14. The SMILES string of the molecule is OCCCCNC1CCN(CC(F)(F)F)CC1. The summed E-state index contributed by atoms with van der Waals surface area (Å²) in [5, 5.41) is 11.9. The van der Waals surface area contributed by atoms with Gasteiger partial charge in [-0.25, -0.2) is 0 Å². The topological polar surface area (TPSA) is 35.5 Å². The van der Waals surface area contributed by atoms with Crippen molar-refractivity contribution in [2.24, 2.45) is 0 Å². The molecule has 1 saturated heterocycles. The highest BCUT2D eigenvalue weighted by molar-refractivity contribution is 4.78. The van der Waals surface area contributed by atoms with Gasteiger partial charge in [0.15, 0.2) is 0 Å². The maximum absolute atomic E-state index is 12.1. The van der Waals surface area contributed by atoms with Gasteiger partial charge in [-0.2, -0.15) is 13.2 Å². The van der Waals surface area contributed by atoms with Crippen molar-refractivity contribution in [3.05, 3.63) is 0 Å². The number of rotatable bonds is 6. The molecule has 1 aliphatic heterocycles. The first-order chi connectivity index (χ1) is 8.01. The minimum Gasteiger partial charge on any atom is -0.396 e. The lowest BCUT2D eigenvalue weighted by atomic mass is 10.0. The van der Waals surface area contributed by atoms with Crippen molar-refractivity contribution in [3.63, 3.8) is 0 Å². The van der Waals surface area contributed by atoms with Crippen LogP contribution in [0.5, 0.6) is 0 Å². The first kappa shape index (κ1) is 14.7. The van der Waals surface area contributed by atoms with E-state index in [4.69, 9.17) is 5.11 Å². The predicted molar refractivity (Wildman–Crippen MR) is 59.8 cm³/mol. The zero-order chi connectivity index (χ0) is 12.7. The van der Waals surface area contributed by atoms with Crippen LogP contribution in [0, 0.1) is 0 Å². The van der Waals surface area contributed by atoms with Crippen LogP contribution in [-0.4, -0.2) is 55.0 Å². The Morgan fingerprint density at radius 1 is 1.18 bits per heavy atom. The molecule has 0 atom stereocenters. The third kappa shape index (κ3) is 6.85. The van der Waals surface area contributed by atoms with Crippen LogP contribution in [0.25, 0.3) is 0 Å². The van der Waals surface area contributed by atoms with E-state index in [2.05, 4.69) is 5.32 Å². The number of likely N-dealkylation sites (tertiary alicyclic amines) is 1. The molecule has 0 unspecified atom stereocenters. The fourth-order valence-corrected chi connectivity index (χ4v) is 2.09. The summed E-state index contributed by atoms with van der Waals surface area (Å²) in [6, 6.07) is 0.332. The quantitative estimate of drug-likeness (QED) is 0.703. The molecule has 0 radical (unpaired) electrons. The maximum atomic E-state index is 12.1. The van der Waals surface area contributed by atoms with E-state index in [1.54, 1.807) is 0 Å². The third-order valence-corrected chi connectivity index (χ3v) is 3.01. The molecule has 0 aromatic rings. The van der Waals surface area contributed by atoms with Gasteiger partial charge in [-0.05, 0) is 45.3 Å². The molecule has 0 aromatic carbocycles. The van der Waals surface area contributed by atoms with Gasteiger partial charge in [0.1, 0.15) is 0 Å². The van der Waals surface area contributed by atoms with Crippen molar-refractivity contribution in [1.82, 2.24) is 10.2 Å². The molecule has 0 aromatic heterocycles. The van der Waals surface area contributed by atoms with Gasteiger partial charge in [0.2, 0.25) is 0 Å². The normalized spacial score (nSPS) is 19.8. The lowest BCUT2D eigenvalue weighted by molar-refractivity contribution is -0.148. The second kappa shape index (κ2) is 7.18. The van der Waals surface area contributed by atoms with Crippen LogP contribution < -0.4 is 5.32 Å². The number of halogens is 3. The molecule has 0 amide bonds. The number of aliphatic hydroxyl groups excluding tert-OH is 1. The molecule has 0 aliphatic carbocycles. The second-order valence-corrected chi connectivity index (χ2v) is 4.55. The Bertz CT molecular complexity index is 203. The van der Waals surface area contributed by atoms with Crippen molar-refractivity contribution in [2.45, 2.75) is 37.9 Å². The van der Waals surface area contributed by atoms with Crippen LogP contribution in [0.15, 0.2) is 0 Å². The van der Waals surface area contributed by atoms with E-state index in [0.717, 1.165) is 32.2 Å². The largest absolute Gasteiger partial charge is 0.401 e. The van der Waals surface area contributed by atoms with Crippen molar-refractivity contribution >= 4 is 0 Å². The van der Waals surface area contributed by atoms with E-state index in [0.29, 0.717) is 19.1 Å². The van der Waals surface area contributed by atoms with Gasteiger partial charge in [0.05, 0.1) is 6.54 Å². The van der Waals surface area contributed by atoms with E-state index in [1.165, 1.54) is 4.90 Å². The fourth-order valence-electron chi connectivity index (χ4n) is 2.09. The second-order valence-electron chi connectivity index (χ2n) is 4.55. The molecule has 1 heterocycles. The smallest absolute Gasteiger partial charge is 0.396 e. The molecule has 6 heteroatoms. The minimum absolute atomic E-state index is 0.200. The molecular weight excluding hydrogens is 233 g/mol. The molecule has 0 bridgehead atoms. The van der Waals surface area contributed by atoms with E-state index >= 15 is 0 Å². The number of hydrogen-bond acceptors (Lipinski definition) is 3. The number of piperidine rings is 1. The van der Waals surface area contributed by atoms with E-state index in [-0.39, 0.29) is 6.61 Å². The van der Waals surface area contributed by atoms with Crippen LogP contribution in [0.3, 0.4) is 0 Å². The highest BCUT2D eigenvalue weighted by atomic mass is 19.4. The van der Waals surface area contributed by atoms with Crippen molar-refractivity contribution < 1.29 is 18.3 Å². The molecule has 1 fully saturated rings. The average Bonchev–Trinajstić information content (AvgIpc) is 2.25. The Hall–Kier alpha value is -0.330. The summed E-state index contributed by atoms with van der Waals surface area (Å²) in [6.07, 6.45) is -0.842. The van der Waals surface area contributed by atoms with Gasteiger partial charge in [-0.15, -0.1) is 0 Å². The van der Waals surface area contributed by atoms with Crippen LogP contribution in [0.4, 0.5) is 13.2 Å². The van der Waals surface area contributed by atoms with Crippen molar-refractivity contribution in [3.8, 4) is 0 Å². The summed E-state index contributed by atoms with van der Waals surface area (Å²) in [6.45, 7) is 1.27. The van der Waals surface area contributed by atoms with Crippen LogP contribution >= 0.6 is 0 Å². The summed E-state index contributed by atoms with van der Waals surface area (Å²) in [5.41, 5.74) is 0. The first-order valence-electron chi connectivity index (χ1n) is 6.14. The summed E-state index contributed by atoms with van der Waals surface area (Å²) in [7, 11) is 0. The monoisotopic (exact) mass is 254 g/mol. The summed E-state index contributed by atoms with van der Waals surface area (Å²) >= 11 is 0. The third-order valence-electron chi connectivity index (χ3n) is 3.01. The van der Waals surface area contributed by atoms with Crippen LogP contribution in [0.2, 0.25) is 0 Å². The van der Waals surface area contributed by atoms with E-state index < -0.39 is 12.7 Å². The Kier molecular flexibility index (Phi) is 6.22. The number of alkyl halides is 3. The molecule has 1 aliphatic rings. The highest BCUT2D eigenvalue weighted by Gasteiger charge is 2.32. The fraction of sp³-hybridized carbons (Fsp3) is 1.00. The summed E-state index contributed by atoms with van der Waals surface area (Å²) < 4.78 is 36.4. The number of nitrogens with one attached hydrogen (secondary N) is 1. The van der Waals surface area contributed by atoms with Crippen LogP contribution in [0.1, 0.15) is 25.7 Å². The summed E-state index contributed by atoms with van der Waals surface area (Å²) in [4.78, 5) is 1.46. The highest BCUT2D eigenvalue weighted by Crippen LogP contribution is 2.19. The number of hydrogen-bond donors (Lipinski definition) is 2. The van der Waals surface area contributed by atoms with E-state index in [9.17, 15) is 13.2 Å². The standard InChI is InChI=1S/C11H21F3N2O/c12-11(13,14)9-16-6-3-10(4-7-16)15-5-1-2-8-17/h10,15,17H,1-9H2. The molecule has 0 spiro atoms. The Morgan fingerprint density at radius 3 is 2.35 bits per heavy atom. The van der Waals surface area contributed by atoms with E-state index in [1.807, 2.05) is 0 Å². The number of nitrogens with zero attached hydrogens (tertiary/aromatic N) is 1. The lowest BCUT2D eigenvalue weighted by Crippen LogP contribution is -2.45. The van der Waals surface area contributed by atoms with Gasteiger partial charge in [-0.3, -0.25) is 4.90 Å². The number of aliphatic hydroxyl groups is 1. The minimum atomic E-state index is -4.08. The van der Waals surface area contributed by atoms with Crippen molar-refractivity contribution in [2.75, 3.05) is 32.8 Å². The zero-order valence-electron chi connectivity index (χ0n) is 9.97. The van der Waals surface area contributed by atoms with Gasteiger partial charge in [-0.1, -0.05) is 0 Å². The molecular formula is C11H21F3N2O. The lowest BCUT2D eigenvalue weighted by Gasteiger charge is -2.32.